The van der Waals surface area contributed by atoms with Crippen LogP contribution in [0.2, 0.25) is 0 Å². The van der Waals surface area contributed by atoms with Gasteiger partial charge in [0.15, 0.2) is 0 Å². The minimum atomic E-state index is -0.745. The summed E-state index contributed by atoms with van der Waals surface area (Å²) in [6.07, 6.45) is 3.19. The number of carboxylic acids is 1. The molecular weight excluding hydrogens is 244 g/mol. The van der Waals surface area contributed by atoms with Gasteiger partial charge in [-0.15, -0.1) is 0 Å². The quantitative estimate of drug-likeness (QED) is 0.487. The summed E-state index contributed by atoms with van der Waals surface area (Å²) in [6, 6.07) is 10.1. The summed E-state index contributed by atoms with van der Waals surface area (Å²) in [5.74, 6) is -1.09. The first-order chi connectivity index (χ1) is 9.10. The van der Waals surface area contributed by atoms with Crippen molar-refractivity contribution in [2.45, 2.75) is 26.2 Å². The van der Waals surface area contributed by atoms with Crippen LogP contribution >= 0.6 is 0 Å². The molecule has 0 unspecified atom stereocenters. The Labute approximate surface area is 113 Å². The van der Waals surface area contributed by atoms with Gasteiger partial charge >= 0.3 is 11.9 Å². The Hall–Kier alpha value is -2.10. The molecule has 0 heterocycles. The van der Waals surface area contributed by atoms with E-state index >= 15 is 0 Å². The van der Waals surface area contributed by atoms with Crippen molar-refractivity contribution in [1.29, 1.82) is 0 Å². The molecule has 1 aromatic rings. The molecule has 0 aromatic heterocycles. The van der Waals surface area contributed by atoms with Gasteiger partial charge in [-0.1, -0.05) is 43.8 Å². The van der Waals surface area contributed by atoms with E-state index in [1.807, 2.05) is 18.2 Å². The molecule has 0 fully saturated rings. The van der Waals surface area contributed by atoms with Crippen LogP contribution in [0.15, 0.2) is 43.0 Å². The maximum Gasteiger partial charge on any atom is 0.330 e. The summed E-state index contributed by atoms with van der Waals surface area (Å²) in [5.41, 5.74) is 1.27. The van der Waals surface area contributed by atoms with E-state index in [-0.39, 0.29) is 12.4 Å². The van der Waals surface area contributed by atoms with Crippen LogP contribution in [0.5, 0.6) is 0 Å². The van der Waals surface area contributed by atoms with E-state index in [0.29, 0.717) is 6.61 Å². The lowest BCUT2D eigenvalue weighted by Crippen LogP contribution is -2.02. The highest BCUT2D eigenvalue weighted by Gasteiger charge is 1.95. The minimum Gasteiger partial charge on any atom is -0.481 e. The third kappa shape index (κ3) is 10.8. The summed E-state index contributed by atoms with van der Waals surface area (Å²) in [5, 5.41) is 7.72. The summed E-state index contributed by atoms with van der Waals surface area (Å²) >= 11 is 0. The maximum absolute atomic E-state index is 10.7. The fourth-order valence-electron chi connectivity index (χ4n) is 1.15. The van der Waals surface area contributed by atoms with Gasteiger partial charge in [0.2, 0.25) is 0 Å². The van der Waals surface area contributed by atoms with Crippen molar-refractivity contribution in [3.05, 3.63) is 48.6 Å². The average molecular weight is 264 g/mol. The Morgan fingerprint density at radius 2 is 1.89 bits per heavy atom. The van der Waals surface area contributed by atoms with Gasteiger partial charge in [0, 0.05) is 12.5 Å². The number of aryl methyl sites for hydroxylation is 1. The van der Waals surface area contributed by atoms with Gasteiger partial charge in [-0.2, -0.15) is 0 Å². The first-order valence-corrected chi connectivity index (χ1v) is 6.15. The van der Waals surface area contributed by atoms with Crippen molar-refractivity contribution in [3.63, 3.8) is 0 Å². The number of hydrogen-bond donors (Lipinski definition) is 1. The van der Waals surface area contributed by atoms with E-state index in [9.17, 15) is 9.59 Å². The first-order valence-electron chi connectivity index (χ1n) is 6.15. The molecule has 0 aliphatic rings. The highest BCUT2D eigenvalue weighted by molar-refractivity contribution is 5.81. The highest BCUT2D eigenvalue weighted by atomic mass is 16.5. The first kappa shape index (κ1) is 16.9. The number of carboxylic acid groups (broad SMARTS) is 1. The number of aliphatic carboxylic acids is 1. The summed E-state index contributed by atoms with van der Waals surface area (Å²) < 4.78 is 4.86. The normalized spacial score (nSPS) is 8.89. The minimum absolute atomic E-state index is 0.222. The molecule has 0 spiro atoms. The van der Waals surface area contributed by atoms with Gasteiger partial charge in [0.1, 0.15) is 0 Å². The standard InChI is InChI=1S/C12H14O2.C3H6O2/c1-2-12(13)14-10-6-9-11-7-4-3-5-8-11;1-2-3(4)5/h2-5,7-8H,1,6,9-10H2;2H2,1H3,(H,4,5). The predicted molar refractivity (Wildman–Crippen MR) is 73.8 cm³/mol. The van der Waals surface area contributed by atoms with Gasteiger partial charge in [0.05, 0.1) is 6.61 Å². The predicted octanol–water partition coefficient (Wildman–Crippen LogP) is 2.83. The lowest BCUT2D eigenvalue weighted by molar-refractivity contribution is -0.138. The molecule has 1 rings (SSSR count). The van der Waals surface area contributed by atoms with Crippen LogP contribution in [0.25, 0.3) is 0 Å². The molecule has 0 aliphatic heterocycles. The van der Waals surface area contributed by atoms with E-state index in [0.717, 1.165) is 12.8 Å². The zero-order chi connectivity index (χ0) is 14.5. The molecule has 1 N–H and O–H groups in total. The number of carbonyl (C=O) groups is 2. The Balaban J connectivity index is 0.000000555. The van der Waals surface area contributed by atoms with Crippen molar-refractivity contribution in [2.75, 3.05) is 6.61 Å². The number of hydrogen-bond acceptors (Lipinski definition) is 3. The third-order valence-electron chi connectivity index (χ3n) is 2.17. The summed E-state index contributed by atoms with van der Waals surface area (Å²) in [4.78, 5) is 20.1. The molecule has 0 saturated carbocycles. The zero-order valence-corrected chi connectivity index (χ0v) is 11.2. The number of ether oxygens (including phenoxy) is 1. The van der Waals surface area contributed by atoms with Crippen molar-refractivity contribution in [1.82, 2.24) is 0 Å². The van der Waals surface area contributed by atoms with Gasteiger partial charge in [-0.05, 0) is 18.4 Å². The lowest BCUT2D eigenvalue weighted by Gasteiger charge is -2.01. The van der Waals surface area contributed by atoms with Crippen LogP contribution in [0, 0.1) is 0 Å². The van der Waals surface area contributed by atoms with Crippen LogP contribution in [0.1, 0.15) is 25.3 Å². The molecule has 0 bridgehead atoms. The molecule has 4 nitrogen and oxygen atoms in total. The average Bonchev–Trinajstić information content (AvgIpc) is 2.45. The summed E-state index contributed by atoms with van der Waals surface area (Å²) in [7, 11) is 0. The fourth-order valence-corrected chi connectivity index (χ4v) is 1.15. The lowest BCUT2D eigenvalue weighted by atomic mass is 10.1. The smallest absolute Gasteiger partial charge is 0.330 e. The second-order valence-electron chi connectivity index (χ2n) is 3.71. The Kier molecular flexibility index (Phi) is 9.80. The van der Waals surface area contributed by atoms with E-state index in [1.54, 1.807) is 6.92 Å². The number of carbonyl (C=O) groups excluding carboxylic acids is 1. The van der Waals surface area contributed by atoms with Crippen LogP contribution < -0.4 is 0 Å². The van der Waals surface area contributed by atoms with Crippen LogP contribution in [0.3, 0.4) is 0 Å². The molecular formula is C15H20O4. The molecule has 104 valence electrons. The highest BCUT2D eigenvalue weighted by Crippen LogP contribution is 2.02. The van der Waals surface area contributed by atoms with Crippen molar-refractivity contribution in [2.24, 2.45) is 0 Å². The molecule has 0 amide bonds. The van der Waals surface area contributed by atoms with E-state index in [2.05, 4.69) is 18.7 Å². The topological polar surface area (TPSA) is 63.6 Å². The second kappa shape index (κ2) is 11.0. The van der Waals surface area contributed by atoms with Crippen molar-refractivity contribution in [3.8, 4) is 0 Å². The Morgan fingerprint density at radius 3 is 2.37 bits per heavy atom. The number of esters is 1. The van der Waals surface area contributed by atoms with Crippen molar-refractivity contribution >= 4 is 11.9 Å². The molecule has 19 heavy (non-hydrogen) atoms. The fraction of sp³-hybridized carbons (Fsp3) is 0.333. The van der Waals surface area contributed by atoms with Gasteiger partial charge in [-0.3, -0.25) is 4.79 Å². The number of benzene rings is 1. The van der Waals surface area contributed by atoms with Gasteiger partial charge < -0.3 is 9.84 Å². The number of rotatable bonds is 6. The Bertz CT molecular complexity index is 384. The van der Waals surface area contributed by atoms with Crippen molar-refractivity contribution < 1.29 is 19.4 Å². The van der Waals surface area contributed by atoms with E-state index in [1.165, 1.54) is 11.6 Å². The molecule has 0 radical (unpaired) electrons. The van der Waals surface area contributed by atoms with E-state index < -0.39 is 5.97 Å². The third-order valence-corrected chi connectivity index (χ3v) is 2.17. The maximum atomic E-state index is 10.7. The molecule has 1 aromatic carbocycles. The zero-order valence-electron chi connectivity index (χ0n) is 11.2. The SMILES string of the molecule is C=CC(=O)OCCCc1ccccc1.CCC(=O)O. The molecule has 0 aliphatic carbocycles. The van der Waals surface area contributed by atoms with Crippen LogP contribution in [-0.4, -0.2) is 23.7 Å². The summed E-state index contributed by atoms with van der Waals surface area (Å²) in [6.45, 7) is 5.38. The monoisotopic (exact) mass is 264 g/mol. The van der Waals surface area contributed by atoms with E-state index in [4.69, 9.17) is 9.84 Å². The van der Waals surface area contributed by atoms with Gasteiger partial charge in [0.25, 0.3) is 0 Å². The molecule has 0 atom stereocenters. The molecule has 0 saturated heterocycles. The van der Waals surface area contributed by atoms with Crippen LogP contribution in [0.4, 0.5) is 0 Å². The largest absolute Gasteiger partial charge is 0.481 e. The second-order valence-corrected chi connectivity index (χ2v) is 3.71. The van der Waals surface area contributed by atoms with Crippen LogP contribution in [-0.2, 0) is 20.7 Å². The molecule has 4 heteroatoms. The van der Waals surface area contributed by atoms with Gasteiger partial charge in [-0.25, -0.2) is 4.79 Å². The Morgan fingerprint density at radius 1 is 1.32 bits per heavy atom.